The van der Waals surface area contributed by atoms with Gasteiger partial charge in [-0.25, -0.2) is 9.37 Å². The van der Waals surface area contributed by atoms with Gasteiger partial charge >= 0.3 is 0 Å². The predicted molar refractivity (Wildman–Crippen MR) is 99.9 cm³/mol. The summed E-state index contributed by atoms with van der Waals surface area (Å²) in [6.07, 6.45) is 1.55. The van der Waals surface area contributed by atoms with Crippen LogP contribution in [0.5, 0.6) is 5.75 Å². The van der Waals surface area contributed by atoms with E-state index in [1.54, 1.807) is 55.8 Å². The third kappa shape index (κ3) is 4.29. The number of benzene rings is 2. The minimum absolute atomic E-state index is 0.0325. The molecule has 2 N–H and O–H groups in total. The Labute approximate surface area is 154 Å². The highest BCUT2D eigenvalue weighted by atomic mass is 35.5. The molecule has 2 aromatic carbocycles. The summed E-state index contributed by atoms with van der Waals surface area (Å²) < 4.78 is 18.3. The number of hydrogen-bond acceptors (Lipinski definition) is 4. The molecule has 7 heteroatoms. The maximum Gasteiger partial charge on any atom is 0.256 e. The molecule has 1 heterocycles. The van der Waals surface area contributed by atoms with Crippen molar-refractivity contribution in [3.05, 3.63) is 77.2 Å². The van der Waals surface area contributed by atoms with Crippen LogP contribution < -0.4 is 15.4 Å². The van der Waals surface area contributed by atoms with Gasteiger partial charge in [0.1, 0.15) is 17.4 Å². The molecule has 3 aromatic rings. The van der Waals surface area contributed by atoms with Crippen molar-refractivity contribution in [2.24, 2.45) is 0 Å². The first-order valence-electron chi connectivity index (χ1n) is 7.69. The van der Waals surface area contributed by atoms with Gasteiger partial charge in [0, 0.05) is 11.3 Å². The van der Waals surface area contributed by atoms with Crippen molar-refractivity contribution in [3.63, 3.8) is 0 Å². The van der Waals surface area contributed by atoms with Crippen molar-refractivity contribution in [1.29, 1.82) is 0 Å². The number of carbonyl (C=O) groups excluding carboxylic acids is 1. The van der Waals surface area contributed by atoms with E-state index >= 15 is 0 Å². The van der Waals surface area contributed by atoms with Crippen LogP contribution in [0.3, 0.4) is 0 Å². The SMILES string of the molecule is COc1cccc(C(=O)Nc2ccc(Nc3ccc(F)c(Cl)c3)cn2)c1. The molecule has 5 nitrogen and oxygen atoms in total. The Kier molecular flexibility index (Phi) is 5.34. The molecule has 0 unspecified atom stereocenters. The van der Waals surface area contributed by atoms with Gasteiger partial charge < -0.3 is 15.4 Å². The first-order chi connectivity index (χ1) is 12.5. The van der Waals surface area contributed by atoms with Gasteiger partial charge in [0.2, 0.25) is 0 Å². The Morgan fingerprint density at radius 1 is 1.12 bits per heavy atom. The summed E-state index contributed by atoms with van der Waals surface area (Å²) in [6.45, 7) is 0. The fourth-order valence-corrected chi connectivity index (χ4v) is 2.42. The molecule has 132 valence electrons. The molecule has 0 aliphatic heterocycles. The molecule has 26 heavy (non-hydrogen) atoms. The number of hydrogen-bond donors (Lipinski definition) is 2. The number of ether oxygens (including phenoxy) is 1. The molecule has 0 aliphatic carbocycles. The van der Waals surface area contributed by atoms with Crippen molar-refractivity contribution in [2.75, 3.05) is 17.7 Å². The average Bonchev–Trinajstić information content (AvgIpc) is 2.66. The molecule has 0 fully saturated rings. The van der Waals surface area contributed by atoms with Gasteiger partial charge in [-0.15, -0.1) is 0 Å². The lowest BCUT2D eigenvalue weighted by atomic mass is 10.2. The fraction of sp³-hybridized carbons (Fsp3) is 0.0526. The highest BCUT2D eigenvalue weighted by Gasteiger charge is 2.08. The van der Waals surface area contributed by atoms with Gasteiger partial charge in [0.05, 0.1) is 24.0 Å². The molecular weight excluding hydrogens is 357 g/mol. The molecule has 0 atom stereocenters. The summed E-state index contributed by atoms with van der Waals surface area (Å²) in [6, 6.07) is 14.6. The molecule has 0 saturated heterocycles. The van der Waals surface area contributed by atoms with Crippen LogP contribution in [0.1, 0.15) is 10.4 Å². The van der Waals surface area contributed by atoms with Gasteiger partial charge in [-0.3, -0.25) is 4.79 Å². The second-order valence-electron chi connectivity index (χ2n) is 5.37. The Hall–Kier alpha value is -3.12. The van der Waals surface area contributed by atoms with Gasteiger partial charge in [0.25, 0.3) is 5.91 Å². The summed E-state index contributed by atoms with van der Waals surface area (Å²) in [4.78, 5) is 16.4. The van der Waals surface area contributed by atoms with Crippen LogP contribution in [0.4, 0.5) is 21.6 Å². The Bertz CT molecular complexity index is 932. The van der Waals surface area contributed by atoms with Crippen LogP contribution >= 0.6 is 11.6 Å². The number of halogens is 2. The maximum atomic E-state index is 13.2. The Balaban J connectivity index is 1.67. The quantitative estimate of drug-likeness (QED) is 0.671. The standard InChI is InChI=1S/C19H15ClFN3O2/c1-26-15-4-2-3-12(9-15)19(25)24-18-8-6-14(11-22-18)23-13-5-7-17(21)16(20)10-13/h2-11,23H,1H3,(H,22,24,25). The van der Waals surface area contributed by atoms with Crippen LogP contribution in [-0.4, -0.2) is 18.0 Å². The number of nitrogens with zero attached hydrogens (tertiary/aromatic N) is 1. The molecule has 1 amide bonds. The van der Waals surface area contributed by atoms with Crippen LogP contribution in [0, 0.1) is 5.82 Å². The monoisotopic (exact) mass is 371 g/mol. The molecule has 3 rings (SSSR count). The van der Waals surface area contributed by atoms with E-state index in [1.807, 2.05) is 0 Å². The first-order valence-corrected chi connectivity index (χ1v) is 8.06. The summed E-state index contributed by atoms with van der Waals surface area (Å²) in [5.74, 6) is 0.233. The van der Waals surface area contributed by atoms with E-state index in [9.17, 15) is 9.18 Å². The Morgan fingerprint density at radius 2 is 1.92 bits per heavy atom. The summed E-state index contributed by atoms with van der Waals surface area (Å²) in [5.41, 5.74) is 1.77. The topological polar surface area (TPSA) is 63.2 Å². The van der Waals surface area contributed by atoms with Crippen LogP contribution in [0.15, 0.2) is 60.8 Å². The lowest BCUT2D eigenvalue weighted by Crippen LogP contribution is -2.12. The number of aromatic nitrogens is 1. The zero-order chi connectivity index (χ0) is 18.5. The maximum absolute atomic E-state index is 13.2. The average molecular weight is 372 g/mol. The third-order valence-corrected chi connectivity index (χ3v) is 3.83. The van der Waals surface area contributed by atoms with E-state index in [0.717, 1.165) is 0 Å². The molecule has 1 aromatic heterocycles. The molecule has 0 aliphatic rings. The van der Waals surface area contributed by atoms with E-state index < -0.39 is 5.82 Å². The number of nitrogens with one attached hydrogen (secondary N) is 2. The minimum atomic E-state index is -0.481. The zero-order valence-electron chi connectivity index (χ0n) is 13.8. The minimum Gasteiger partial charge on any atom is -0.497 e. The van der Waals surface area contributed by atoms with Gasteiger partial charge in [0.15, 0.2) is 0 Å². The highest BCUT2D eigenvalue weighted by molar-refractivity contribution is 6.31. The van der Waals surface area contributed by atoms with Crippen molar-refractivity contribution >= 4 is 34.7 Å². The summed E-state index contributed by atoms with van der Waals surface area (Å²) >= 11 is 5.76. The summed E-state index contributed by atoms with van der Waals surface area (Å²) in [5, 5.41) is 5.80. The molecule has 0 saturated carbocycles. The van der Waals surface area contributed by atoms with E-state index in [1.165, 1.54) is 12.1 Å². The van der Waals surface area contributed by atoms with Crippen molar-refractivity contribution < 1.29 is 13.9 Å². The second kappa shape index (κ2) is 7.84. The van der Waals surface area contributed by atoms with Gasteiger partial charge in [-0.2, -0.15) is 0 Å². The molecule has 0 radical (unpaired) electrons. The molecule has 0 spiro atoms. The van der Waals surface area contributed by atoms with Crippen molar-refractivity contribution in [3.8, 4) is 5.75 Å². The number of amides is 1. The predicted octanol–water partition coefficient (Wildman–Crippen LogP) is 4.88. The lowest BCUT2D eigenvalue weighted by molar-refractivity contribution is 0.102. The zero-order valence-corrected chi connectivity index (χ0v) is 14.5. The number of carbonyl (C=O) groups is 1. The smallest absolute Gasteiger partial charge is 0.256 e. The number of methoxy groups -OCH3 is 1. The largest absolute Gasteiger partial charge is 0.497 e. The van der Waals surface area contributed by atoms with E-state index in [4.69, 9.17) is 16.3 Å². The van der Waals surface area contributed by atoms with E-state index in [-0.39, 0.29) is 10.9 Å². The van der Waals surface area contributed by atoms with E-state index in [2.05, 4.69) is 15.6 Å². The number of pyridine rings is 1. The first kappa shape index (κ1) is 17.7. The van der Waals surface area contributed by atoms with Crippen LogP contribution in [0.2, 0.25) is 5.02 Å². The second-order valence-corrected chi connectivity index (χ2v) is 5.78. The van der Waals surface area contributed by atoms with Crippen LogP contribution in [-0.2, 0) is 0 Å². The van der Waals surface area contributed by atoms with E-state index in [0.29, 0.717) is 28.5 Å². The third-order valence-electron chi connectivity index (χ3n) is 3.55. The fourth-order valence-electron chi connectivity index (χ4n) is 2.24. The summed E-state index contributed by atoms with van der Waals surface area (Å²) in [7, 11) is 1.54. The van der Waals surface area contributed by atoms with Crippen LogP contribution in [0.25, 0.3) is 0 Å². The van der Waals surface area contributed by atoms with Gasteiger partial charge in [-0.1, -0.05) is 17.7 Å². The lowest BCUT2D eigenvalue weighted by Gasteiger charge is -2.09. The number of rotatable bonds is 5. The van der Waals surface area contributed by atoms with Gasteiger partial charge in [-0.05, 0) is 48.5 Å². The highest BCUT2D eigenvalue weighted by Crippen LogP contribution is 2.23. The number of anilines is 3. The van der Waals surface area contributed by atoms with Crippen molar-refractivity contribution in [2.45, 2.75) is 0 Å². The normalized spacial score (nSPS) is 10.3. The molecular formula is C19H15ClFN3O2. The Morgan fingerprint density at radius 3 is 2.62 bits per heavy atom. The van der Waals surface area contributed by atoms with Crippen molar-refractivity contribution in [1.82, 2.24) is 4.98 Å². The molecule has 0 bridgehead atoms.